The normalized spacial score (nSPS) is 10.6. The molecule has 0 saturated heterocycles. The van der Waals surface area contributed by atoms with Crippen molar-refractivity contribution in [3.63, 3.8) is 0 Å². The summed E-state index contributed by atoms with van der Waals surface area (Å²) >= 11 is 0. The Hall–Kier alpha value is -2.22. The van der Waals surface area contributed by atoms with Crippen LogP contribution in [0.4, 0.5) is 8.78 Å². The lowest BCUT2D eigenvalue weighted by Gasteiger charge is -2.01. The number of nitriles is 1. The van der Waals surface area contributed by atoms with Crippen molar-refractivity contribution in [2.75, 3.05) is 0 Å². The first-order chi connectivity index (χ1) is 8.65. The Bertz CT molecular complexity index is 579. The molecule has 0 radical (unpaired) electrons. The summed E-state index contributed by atoms with van der Waals surface area (Å²) in [6.45, 7) is 2.38. The second-order valence-corrected chi connectivity index (χ2v) is 3.78. The maximum Gasteiger partial charge on any atom is 0.267 e. The molecule has 0 fully saturated rings. The Morgan fingerprint density at radius 1 is 1.33 bits per heavy atom. The number of nitrogens with zero attached hydrogens (tertiary/aromatic N) is 3. The van der Waals surface area contributed by atoms with E-state index in [4.69, 9.17) is 5.26 Å². The Kier molecular flexibility index (Phi) is 3.38. The second-order valence-electron chi connectivity index (χ2n) is 3.78. The first-order valence-electron chi connectivity index (χ1n) is 5.51. The van der Waals surface area contributed by atoms with Gasteiger partial charge >= 0.3 is 0 Å². The van der Waals surface area contributed by atoms with E-state index in [1.807, 2.05) is 13.0 Å². The molecule has 0 atom stereocenters. The van der Waals surface area contributed by atoms with Crippen LogP contribution in [0, 0.1) is 11.3 Å². The minimum absolute atomic E-state index is 0.0819. The molecule has 92 valence electrons. The average Bonchev–Trinajstić information content (AvgIpc) is 2.83. The molecule has 0 saturated carbocycles. The predicted octanol–water partition coefficient (Wildman–Crippen LogP) is 3.38. The van der Waals surface area contributed by atoms with Gasteiger partial charge in [-0.05, 0) is 19.1 Å². The van der Waals surface area contributed by atoms with E-state index in [1.54, 1.807) is 24.3 Å². The van der Waals surface area contributed by atoms with Crippen molar-refractivity contribution < 1.29 is 8.78 Å². The van der Waals surface area contributed by atoms with Crippen LogP contribution in [-0.4, -0.2) is 9.78 Å². The van der Waals surface area contributed by atoms with Gasteiger partial charge in [-0.3, -0.25) is 4.68 Å². The van der Waals surface area contributed by atoms with E-state index in [0.717, 1.165) is 0 Å². The summed E-state index contributed by atoms with van der Waals surface area (Å²) in [5.41, 5.74) is 1.28. The number of halogens is 2. The molecule has 3 nitrogen and oxygen atoms in total. The molecule has 2 aromatic rings. The highest BCUT2D eigenvalue weighted by atomic mass is 19.3. The van der Waals surface area contributed by atoms with Gasteiger partial charge in [0.1, 0.15) is 5.69 Å². The van der Waals surface area contributed by atoms with Crippen LogP contribution in [0.1, 0.15) is 24.5 Å². The summed E-state index contributed by atoms with van der Waals surface area (Å²) in [6, 6.07) is 8.43. The van der Waals surface area contributed by atoms with Crippen LogP contribution in [0.25, 0.3) is 11.3 Å². The molecule has 18 heavy (non-hydrogen) atoms. The van der Waals surface area contributed by atoms with Gasteiger partial charge in [0.15, 0.2) is 0 Å². The minimum atomic E-state index is -2.56. The van der Waals surface area contributed by atoms with Crippen molar-refractivity contribution in [3.8, 4) is 17.3 Å². The fraction of sp³-hybridized carbons (Fsp3) is 0.231. The van der Waals surface area contributed by atoms with Crippen molar-refractivity contribution in [1.82, 2.24) is 9.78 Å². The molecule has 5 heteroatoms. The van der Waals surface area contributed by atoms with Crippen LogP contribution in [0.5, 0.6) is 0 Å². The summed E-state index contributed by atoms with van der Waals surface area (Å²) in [7, 11) is 0. The Morgan fingerprint density at radius 3 is 2.50 bits per heavy atom. The van der Waals surface area contributed by atoms with E-state index in [0.29, 0.717) is 17.7 Å². The molecule has 1 aromatic carbocycles. The van der Waals surface area contributed by atoms with Gasteiger partial charge in [0, 0.05) is 18.3 Å². The van der Waals surface area contributed by atoms with Crippen LogP contribution in [0.3, 0.4) is 0 Å². The third-order valence-corrected chi connectivity index (χ3v) is 2.64. The molecule has 0 aliphatic rings. The lowest BCUT2D eigenvalue weighted by atomic mass is 10.1. The Labute approximate surface area is 103 Å². The van der Waals surface area contributed by atoms with Crippen molar-refractivity contribution >= 4 is 0 Å². The molecule has 0 bridgehead atoms. The summed E-state index contributed by atoms with van der Waals surface area (Å²) in [5.74, 6) is 0. The molecule has 0 amide bonds. The van der Waals surface area contributed by atoms with E-state index < -0.39 is 6.43 Å². The summed E-state index contributed by atoms with van der Waals surface area (Å²) < 4.78 is 27.3. The van der Waals surface area contributed by atoms with E-state index in [9.17, 15) is 8.78 Å². The smallest absolute Gasteiger partial charge is 0.267 e. The van der Waals surface area contributed by atoms with Gasteiger partial charge in [0.05, 0.1) is 17.2 Å². The van der Waals surface area contributed by atoms with Gasteiger partial charge in [-0.25, -0.2) is 8.78 Å². The van der Waals surface area contributed by atoms with Gasteiger partial charge in [0.2, 0.25) is 0 Å². The summed E-state index contributed by atoms with van der Waals surface area (Å²) in [4.78, 5) is 0. The molecule has 2 rings (SSSR count). The molecule has 0 unspecified atom stereocenters. The number of rotatable bonds is 3. The first-order valence-corrected chi connectivity index (χ1v) is 5.51. The molecule has 0 spiro atoms. The topological polar surface area (TPSA) is 41.6 Å². The number of alkyl halides is 2. The molecular weight excluding hydrogens is 236 g/mol. The summed E-state index contributed by atoms with van der Waals surface area (Å²) in [6.07, 6.45) is -1.20. The molecule has 0 aliphatic carbocycles. The van der Waals surface area contributed by atoms with E-state index in [-0.39, 0.29) is 11.3 Å². The first kappa shape index (κ1) is 12.2. The average molecular weight is 247 g/mol. The largest absolute Gasteiger partial charge is 0.272 e. The summed E-state index contributed by atoms with van der Waals surface area (Å²) in [5, 5.41) is 12.8. The third-order valence-electron chi connectivity index (χ3n) is 2.64. The number of hydrogen-bond donors (Lipinski definition) is 0. The molecule has 1 aromatic heterocycles. The number of hydrogen-bond acceptors (Lipinski definition) is 2. The maximum atomic E-state index is 12.9. The Morgan fingerprint density at radius 2 is 2.00 bits per heavy atom. The van der Waals surface area contributed by atoms with Gasteiger partial charge in [0.25, 0.3) is 6.43 Å². The zero-order valence-corrected chi connectivity index (χ0v) is 9.77. The van der Waals surface area contributed by atoms with Gasteiger partial charge < -0.3 is 0 Å². The van der Waals surface area contributed by atoms with Crippen molar-refractivity contribution in [3.05, 3.63) is 41.6 Å². The lowest BCUT2D eigenvalue weighted by molar-refractivity contribution is 0.152. The predicted molar refractivity (Wildman–Crippen MR) is 63.0 cm³/mol. The molecule has 0 aliphatic heterocycles. The van der Waals surface area contributed by atoms with Gasteiger partial charge in [-0.1, -0.05) is 12.1 Å². The van der Waals surface area contributed by atoms with Crippen LogP contribution < -0.4 is 0 Å². The van der Waals surface area contributed by atoms with Crippen LogP contribution in [-0.2, 0) is 6.54 Å². The van der Waals surface area contributed by atoms with Crippen molar-refractivity contribution in [2.45, 2.75) is 19.9 Å². The third kappa shape index (κ3) is 2.23. The fourth-order valence-corrected chi connectivity index (χ4v) is 1.69. The highest BCUT2D eigenvalue weighted by Crippen LogP contribution is 2.30. The number of aryl methyl sites for hydroxylation is 1. The number of aromatic nitrogens is 2. The number of benzene rings is 1. The maximum absolute atomic E-state index is 12.9. The van der Waals surface area contributed by atoms with Gasteiger partial charge in [-0.2, -0.15) is 10.4 Å². The molecule has 1 heterocycles. The monoisotopic (exact) mass is 247 g/mol. The van der Waals surface area contributed by atoms with Crippen LogP contribution in [0.2, 0.25) is 0 Å². The fourth-order valence-electron chi connectivity index (χ4n) is 1.69. The molecular formula is C13H11F2N3. The van der Waals surface area contributed by atoms with E-state index in [2.05, 4.69) is 5.10 Å². The van der Waals surface area contributed by atoms with Crippen LogP contribution >= 0.6 is 0 Å². The zero-order chi connectivity index (χ0) is 13.1. The minimum Gasteiger partial charge on any atom is -0.272 e. The zero-order valence-electron chi connectivity index (χ0n) is 9.77. The second kappa shape index (κ2) is 4.96. The van der Waals surface area contributed by atoms with Crippen molar-refractivity contribution in [1.29, 1.82) is 5.26 Å². The Balaban J connectivity index is 2.48. The van der Waals surface area contributed by atoms with Crippen molar-refractivity contribution in [2.24, 2.45) is 0 Å². The van der Waals surface area contributed by atoms with E-state index >= 15 is 0 Å². The highest BCUT2D eigenvalue weighted by molar-refractivity contribution is 5.63. The standard InChI is InChI=1S/C13H11F2N3/c1-2-18-8-11(13(14)15)12(17-18)10-5-3-9(7-16)4-6-10/h3-6,8,13H,2H2,1H3. The quantitative estimate of drug-likeness (QED) is 0.834. The van der Waals surface area contributed by atoms with Gasteiger partial charge in [-0.15, -0.1) is 0 Å². The lowest BCUT2D eigenvalue weighted by Crippen LogP contribution is -1.93. The SMILES string of the molecule is CCn1cc(C(F)F)c(-c2ccc(C#N)cc2)n1. The van der Waals surface area contributed by atoms with Crippen LogP contribution in [0.15, 0.2) is 30.5 Å². The van der Waals surface area contributed by atoms with E-state index in [1.165, 1.54) is 10.9 Å². The highest BCUT2D eigenvalue weighted by Gasteiger charge is 2.18. The molecule has 0 N–H and O–H groups in total.